The van der Waals surface area contributed by atoms with Gasteiger partial charge < -0.3 is 30.0 Å². The lowest BCUT2D eigenvalue weighted by atomic mass is 10.0. The van der Waals surface area contributed by atoms with Gasteiger partial charge in [-0.3, -0.25) is 9.69 Å². The number of ether oxygens (including phenoxy) is 2. The largest absolute Gasteiger partial charge is 0.497 e. The van der Waals surface area contributed by atoms with Gasteiger partial charge in [-0.1, -0.05) is 42.5 Å². The lowest BCUT2D eigenvalue weighted by Crippen LogP contribution is -2.50. The molecule has 0 bridgehead atoms. The minimum Gasteiger partial charge on any atom is -0.497 e. The third kappa shape index (κ3) is 8.15. The average molecular weight is 684 g/mol. The molecule has 0 atom stereocenters. The number of benzene rings is 1. The third-order valence-electron chi connectivity index (χ3n) is 8.37. The maximum atomic E-state index is 13.6. The summed E-state index contributed by atoms with van der Waals surface area (Å²) in [5.74, 6) is 0.907. The molecule has 4 heterocycles. The maximum absolute atomic E-state index is 13.6. The smallest absolute Gasteiger partial charge is 0.253 e. The van der Waals surface area contributed by atoms with Crippen molar-refractivity contribution in [2.75, 3.05) is 63.7 Å². The van der Waals surface area contributed by atoms with Crippen LogP contribution in [0.2, 0.25) is 5.02 Å². The highest BCUT2D eigenvalue weighted by Crippen LogP contribution is 2.34. The molecule has 3 aromatic rings. The number of H-pyrrole nitrogens is 1. The van der Waals surface area contributed by atoms with Gasteiger partial charge in [0.25, 0.3) is 5.91 Å². The summed E-state index contributed by atoms with van der Waals surface area (Å²) in [6.45, 7) is 12.2. The van der Waals surface area contributed by atoms with Crippen molar-refractivity contribution in [2.45, 2.75) is 42.9 Å². The zero-order chi connectivity index (χ0) is 33.6. The maximum Gasteiger partial charge on any atom is 0.253 e. The summed E-state index contributed by atoms with van der Waals surface area (Å²) in [4.78, 5) is 30.3. The fraction of sp³-hybridized carbons (Fsp3) is 0.424. The number of hydrogen-bond acceptors (Lipinski definition) is 10. The summed E-state index contributed by atoms with van der Waals surface area (Å²) >= 11 is 6.46. The molecule has 0 radical (unpaired) electrons. The number of methoxy groups -OCH3 is 1. The Kier molecular flexibility index (Phi) is 11.2. The van der Waals surface area contributed by atoms with E-state index < -0.39 is 15.1 Å². The van der Waals surface area contributed by atoms with Crippen LogP contribution in [0.5, 0.6) is 0 Å². The molecule has 5 rings (SSSR count). The van der Waals surface area contributed by atoms with E-state index in [1.165, 1.54) is 7.11 Å². The van der Waals surface area contributed by atoms with E-state index in [-0.39, 0.29) is 16.8 Å². The van der Waals surface area contributed by atoms with Gasteiger partial charge in [0.05, 0.1) is 46.6 Å². The van der Waals surface area contributed by atoms with Crippen molar-refractivity contribution in [1.82, 2.24) is 24.8 Å². The van der Waals surface area contributed by atoms with Gasteiger partial charge in [0, 0.05) is 50.5 Å². The molecule has 2 aromatic heterocycles. The molecule has 0 saturated carbocycles. The van der Waals surface area contributed by atoms with Crippen LogP contribution in [0.15, 0.2) is 71.5 Å². The minimum atomic E-state index is -3.58. The topological polar surface area (TPSA) is 142 Å². The average Bonchev–Trinajstić information content (AvgIpc) is 3.46. The molecule has 47 heavy (non-hydrogen) atoms. The molecule has 2 fully saturated rings. The predicted molar refractivity (Wildman–Crippen MR) is 185 cm³/mol. The van der Waals surface area contributed by atoms with Gasteiger partial charge >= 0.3 is 0 Å². The number of piperidine rings is 1. The standard InChI is InChI=1S/C33H42ClN7O5S/c1-22(2)47(43,44)28-10-6-5-9-27(28)37-31-29-26(34)21-36-30(29)38-33(39-31)35-13-7-8-24(20-23(3)45-4)32(42)41-14-11-25(12-15-41)40-16-18-46-19-17-40/h5-10,20-22,25H,3,11-19H2,1-2,4H3,(H3,35,36,37,38,39)/b8-7-,24-20+. The van der Waals surface area contributed by atoms with Gasteiger partial charge in [0.15, 0.2) is 9.84 Å². The Balaban J connectivity index is 1.30. The van der Waals surface area contributed by atoms with E-state index in [2.05, 4.69) is 37.1 Å². The summed E-state index contributed by atoms with van der Waals surface area (Å²) in [6.07, 6.45) is 8.62. The lowest BCUT2D eigenvalue weighted by molar-refractivity contribution is -0.128. The molecule has 12 nitrogen and oxygen atoms in total. The summed E-state index contributed by atoms with van der Waals surface area (Å²) < 4.78 is 36.9. The van der Waals surface area contributed by atoms with Gasteiger partial charge in [-0.05, 0) is 44.9 Å². The van der Waals surface area contributed by atoms with Crippen molar-refractivity contribution < 1.29 is 22.7 Å². The van der Waals surface area contributed by atoms with Crippen molar-refractivity contribution in [1.29, 1.82) is 0 Å². The number of likely N-dealkylation sites (tertiary alicyclic amines) is 1. The van der Waals surface area contributed by atoms with Crippen LogP contribution in [-0.4, -0.2) is 103 Å². The first kappa shape index (κ1) is 34.4. The van der Waals surface area contributed by atoms with Crippen LogP contribution in [0, 0.1) is 0 Å². The number of fused-ring (bicyclic) bond motifs is 1. The van der Waals surface area contributed by atoms with Crippen LogP contribution < -0.4 is 10.6 Å². The minimum absolute atomic E-state index is 0.0833. The highest BCUT2D eigenvalue weighted by molar-refractivity contribution is 7.92. The summed E-state index contributed by atoms with van der Waals surface area (Å²) in [6, 6.07) is 7.14. The van der Waals surface area contributed by atoms with Crippen LogP contribution in [0.4, 0.5) is 17.5 Å². The molecule has 14 heteroatoms. The lowest BCUT2D eigenvalue weighted by Gasteiger charge is -2.40. The van der Waals surface area contributed by atoms with E-state index in [4.69, 9.17) is 21.1 Å². The summed E-state index contributed by atoms with van der Waals surface area (Å²) in [5.41, 5.74) is 1.31. The number of para-hydroxylation sites is 1. The van der Waals surface area contributed by atoms with Crippen molar-refractivity contribution in [2.24, 2.45) is 0 Å². The first-order chi connectivity index (χ1) is 22.6. The normalized spacial score (nSPS) is 17.0. The van der Waals surface area contributed by atoms with Gasteiger partial charge in [-0.25, -0.2) is 8.42 Å². The predicted octanol–water partition coefficient (Wildman–Crippen LogP) is 4.91. The van der Waals surface area contributed by atoms with E-state index >= 15 is 0 Å². The quantitative estimate of drug-likeness (QED) is 0.137. The SMILES string of the molecule is C=C(/C=C(\C=C/CNc1nc(Nc2ccccc2S(=O)(=O)C(C)C)c2c(Cl)c[nH]c2n1)C(=O)N1CCC(N2CCOCC2)CC1)OC. The van der Waals surface area contributed by atoms with Crippen molar-refractivity contribution in [3.63, 3.8) is 0 Å². The molecule has 0 aliphatic carbocycles. The molecule has 2 aliphatic rings. The number of allylic oxidation sites excluding steroid dienone is 1. The van der Waals surface area contributed by atoms with E-state index in [1.54, 1.807) is 62.5 Å². The molecule has 2 saturated heterocycles. The Hall–Kier alpha value is -3.91. The van der Waals surface area contributed by atoms with Gasteiger partial charge in [0.1, 0.15) is 17.2 Å². The van der Waals surface area contributed by atoms with Gasteiger partial charge in [0.2, 0.25) is 5.95 Å². The Morgan fingerprint density at radius 1 is 1.19 bits per heavy atom. The number of aromatic nitrogens is 3. The van der Waals surface area contributed by atoms with Crippen molar-refractivity contribution in [3.8, 4) is 0 Å². The second-order valence-corrected chi connectivity index (χ2v) is 14.6. The first-order valence-corrected chi connectivity index (χ1v) is 17.6. The van der Waals surface area contributed by atoms with Crippen LogP contribution in [0.25, 0.3) is 11.0 Å². The Morgan fingerprint density at radius 3 is 2.62 bits per heavy atom. The first-order valence-electron chi connectivity index (χ1n) is 15.7. The fourth-order valence-electron chi connectivity index (χ4n) is 5.67. The number of anilines is 3. The Morgan fingerprint density at radius 2 is 1.91 bits per heavy atom. The molecule has 1 aromatic carbocycles. The van der Waals surface area contributed by atoms with Crippen molar-refractivity contribution in [3.05, 3.63) is 71.6 Å². The number of sulfone groups is 1. The highest BCUT2D eigenvalue weighted by Gasteiger charge is 2.29. The number of hydrogen-bond donors (Lipinski definition) is 3. The van der Waals surface area contributed by atoms with E-state index in [1.807, 2.05) is 4.90 Å². The van der Waals surface area contributed by atoms with Crippen molar-refractivity contribution >= 4 is 55.8 Å². The number of rotatable bonds is 12. The second-order valence-electron chi connectivity index (χ2n) is 11.7. The molecule has 252 valence electrons. The van der Waals surface area contributed by atoms with Crippen LogP contribution in [0.1, 0.15) is 26.7 Å². The molecular formula is C33H42ClN7O5S. The fourth-order valence-corrected chi connectivity index (χ4v) is 7.11. The molecule has 0 spiro atoms. The number of nitrogens with zero attached hydrogens (tertiary/aromatic N) is 4. The number of carbonyl (C=O) groups excluding carboxylic acids is 1. The molecule has 0 unspecified atom stereocenters. The molecule has 3 N–H and O–H groups in total. The summed E-state index contributed by atoms with van der Waals surface area (Å²) in [5, 5.41) is 6.64. The van der Waals surface area contributed by atoms with Gasteiger partial charge in [-0.2, -0.15) is 9.97 Å². The number of halogens is 1. The number of aromatic amines is 1. The van der Waals surface area contributed by atoms with Crippen LogP contribution in [-0.2, 0) is 24.1 Å². The van der Waals surface area contributed by atoms with E-state index in [9.17, 15) is 13.2 Å². The number of morpholine rings is 1. The Labute approximate surface area is 280 Å². The monoisotopic (exact) mass is 683 g/mol. The zero-order valence-electron chi connectivity index (χ0n) is 27.0. The summed E-state index contributed by atoms with van der Waals surface area (Å²) in [7, 11) is -2.06. The number of carbonyl (C=O) groups is 1. The number of nitrogens with one attached hydrogen (secondary N) is 3. The Bertz CT molecular complexity index is 1760. The molecular weight excluding hydrogens is 642 g/mol. The van der Waals surface area contributed by atoms with E-state index in [0.29, 0.717) is 64.6 Å². The van der Waals surface area contributed by atoms with Gasteiger partial charge in [-0.15, -0.1) is 0 Å². The highest BCUT2D eigenvalue weighted by atomic mass is 35.5. The zero-order valence-corrected chi connectivity index (χ0v) is 28.5. The second kappa shape index (κ2) is 15.3. The molecule has 2 aliphatic heterocycles. The third-order valence-corrected chi connectivity index (χ3v) is 10.9. The molecule has 1 amide bonds. The van der Waals surface area contributed by atoms with E-state index in [0.717, 1.165) is 39.1 Å². The van der Waals surface area contributed by atoms with Crippen LogP contribution >= 0.6 is 11.6 Å². The number of amides is 1. The van der Waals surface area contributed by atoms with Crippen LogP contribution in [0.3, 0.4) is 0 Å².